The van der Waals surface area contributed by atoms with Gasteiger partial charge in [0.2, 0.25) is 5.91 Å². The third-order valence-corrected chi connectivity index (χ3v) is 5.98. The molecule has 0 fully saturated rings. The molecule has 25 heavy (non-hydrogen) atoms. The van der Waals surface area contributed by atoms with E-state index in [2.05, 4.69) is 15.5 Å². The molecular formula is C16H18N4O4S. The molecular weight excluding hydrogens is 344 g/mol. The minimum Gasteiger partial charge on any atom is -0.309 e. The Morgan fingerprint density at radius 3 is 2.72 bits per heavy atom. The summed E-state index contributed by atoms with van der Waals surface area (Å²) in [6, 6.07) is 6.03. The van der Waals surface area contributed by atoms with Gasteiger partial charge in [-0.15, -0.1) is 0 Å². The van der Waals surface area contributed by atoms with Gasteiger partial charge in [0.1, 0.15) is 4.90 Å². The fourth-order valence-corrected chi connectivity index (χ4v) is 4.41. The van der Waals surface area contributed by atoms with E-state index < -0.39 is 21.8 Å². The SMILES string of the molecule is CCc1c(NC(=O)CCN2C(=O)c3ccccc3S2(=O)=O)n[nH]c1C. The van der Waals surface area contributed by atoms with Crippen LogP contribution in [0.25, 0.3) is 0 Å². The molecule has 0 spiro atoms. The fourth-order valence-electron chi connectivity index (χ4n) is 2.84. The molecule has 0 radical (unpaired) electrons. The van der Waals surface area contributed by atoms with E-state index in [1.807, 2.05) is 13.8 Å². The second kappa shape index (κ2) is 6.32. The first-order chi connectivity index (χ1) is 11.9. The number of benzene rings is 1. The van der Waals surface area contributed by atoms with Crippen molar-refractivity contribution in [1.29, 1.82) is 0 Å². The topological polar surface area (TPSA) is 112 Å². The molecule has 2 aromatic rings. The zero-order valence-electron chi connectivity index (χ0n) is 13.9. The highest BCUT2D eigenvalue weighted by Crippen LogP contribution is 2.29. The first-order valence-corrected chi connectivity index (χ1v) is 9.30. The highest BCUT2D eigenvalue weighted by Gasteiger charge is 2.40. The molecule has 0 unspecified atom stereocenters. The van der Waals surface area contributed by atoms with E-state index in [1.165, 1.54) is 12.1 Å². The van der Waals surface area contributed by atoms with Gasteiger partial charge >= 0.3 is 0 Å². The summed E-state index contributed by atoms with van der Waals surface area (Å²) in [4.78, 5) is 24.4. The Morgan fingerprint density at radius 2 is 2.04 bits per heavy atom. The summed E-state index contributed by atoms with van der Waals surface area (Å²) in [7, 11) is -3.89. The third-order valence-electron chi connectivity index (χ3n) is 4.14. The van der Waals surface area contributed by atoms with Crippen LogP contribution in [0.2, 0.25) is 0 Å². The summed E-state index contributed by atoms with van der Waals surface area (Å²) in [6.07, 6.45) is 0.556. The van der Waals surface area contributed by atoms with Crippen molar-refractivity contribution in [2.75, 3.05) is 11.9 Å². The molecule has 2 amide bonds. The normalized spacial score (nSPS) is 15.3. The number of sulfonamides is 1. The van der Waals surface area contributed by atoms with Gasteiger partial charge in [-0.3, -0.25) is 14.7 Å². The zero-order valence-corrected chi connectivity index (χ0v) is 14.7. The van der Waals surface area contributed by atoms with Gasteiger partial charge in [0, 0.05) is 24.2 Å². The van der Waals surface area contributed by atoms with Gasteiger partial charge in [0.15, 0.2) is 5.82 Å². The van der Waals surface area contributed by atoms with Crippen molar-refractivity contribution < 1.29 is 18.0 Å². The van der Waals surface area contributed by atoms with Crippen molar-refractivity contribution in [3.8, 4) is 0 Å². The quantitative estimate of drug-likeness (QED) is 0.836. The summed E-state index contributed by atoms with van der Waals surface area (Å²) < 4.78 is 25.6. The van der Waals surface area contributed by atoms with E-state index in [9.17, 15) is 18.0 Å². The molecule has 0 atom stereocenters. The van der Waals surface area contributed by atoms with Gasteiger partial charge in [-0.1, -0.05) is 19.1 Å². The number of aryl methyl sites for hydroxylation is 1. The van der Waals surface area contributed by atoms with Crippen molar-refractivity contribution in [1.82, 2.24) is 14.5 Å². The van der Waals surface area contributed by atoms with Crippen LogP contribution >= 0.6 is 0 Å². The van der Waals surface area contributed by atoms with Gasteiger partial charge < -0.3 is 5.32 Å². The Kier molecular flexibility index (Phi) is 4.34. The molecule has 8 nitrogen and oxygen atoms in total. The maximum Gasteiger partial charge on any atom is 0.269 e. The minimum atomic E-state index is -3.89. The smallest absolute Gasteiger partial charge is 0.269 e. The molecule has 9 heteroatoms. The first kappa shape index (κ1) is 17.2. The van der Waals surface area contributed by atoms with Crippen LogP contribution in [0.4, 0.5) is 5.82 Å². The maximum absolute atomic E-state index is 12.4. The third kappa shape index (κ3) is 2.91. The summed E-state index contributed by atoms with van der Waals surface area (Å²) in [5.74, 6) is -0.572. The zero-order chi connectivity index (χ0) is 18.2. The van der Waals surface area contributed by atoms with E-state index in [0.29, 0.717) is 12.2 Å². The second-order valence-corrected chi connectivity index (χ2v) is 7.54. The lowest BCUT2D eigenvalue weighted by atomic mass is 10.2. The number of H-pyrrole nitrogens is 1. The molecule has 3 rings (SSSR count). The molecule has 0 aliphatic carbocycles. The van der Waals surface area contributed by atoms with Gasteiger partial charge in [-0.05, 0) is 25.5 Å². The minimum absolute atomic E-state index is 0.0170. The van der Waals surface area contributed by atoms with Gasteiger partial charge in [0.05, 0.1) is 5.56 Å². The van der Waals surface area contributed by atoms with Crippen molar-refractivity contribution >= 4 is 27.7 Å². The number of aromatic nitrogens is 2. The second-order valence-electron chi connectivity index (χ2n) is 5.71. The number of anilines is 1. The van der Waals surface area contributed by atoms with Gasteiger partial charge in [-0.2, -0.15) is 5.10 Å². The fraction of sp³-hybridized carbons (Fsp3) is 0.312. The summed E-state index contributed by atoms with van der Waals surface area (Å²) in [6.45, 7) is 3.58. The first-order valence-electron chi connectivity index (χ1n) is 7.86. The van der Waals surface area contributed by atoms with Gasteiger partial charge in [0.25, 0.3) is 15.9 Å². The van der Waals surface area contributed by atoms with Crippen molar-refractivity contribution in [2.24, 2.45) is 0 Å². The molecule has 2 heterocycles. The average Bonchev–Trinajstić information content (AvgIpc) is 3.02. The number of amides is 2. The van der Waals surface area contributed by atoms with Crippen LogP contribution in [-0.2, 0) is 21.2 Å². The molecule has 1 aliphatic heterocycles. The Labute approximate surface area is 145 Å². The number of nitrogens with one attached hydrogen (secondary N) is 2. The Hall–Kier alpha value is -2.68. The van der Waals surface area contributed by atoms with E-state index in [0.717, 1.165) is 15.6 Å². The van der Waals surface area contributed by atoms with Crippen LogP contribution in [0, 0.1) is 6.92 Å². The molecule has 0 saturated heterocycles. The van der Waals surface area contributed by atoms with Crippen LogP contribution in [-0.4, -0.2) is 41.3 Å². The lowest BCUT2D eigenvalue weighted by molar-refractivity contribution is -0.116. The monoisotopic (exact) mass is 362 g/mol. The van der Waals surface area contributed by atoms with E-state index in [1.54, 1.807) is 12.1 Å². The van der Waals surface area contributed by atoms with Crippen LogP contribution in [0.3, 0.4) is 0 Å². The molecule has 0 saturated carbocycles. The number of fused-ring (bicyclic) bond motifs is 1. The molecule has 1 aromatic carbocycles. The van der Waals surface area contributed by atoms with Gasteiger partial charge in [-0.25, -0.2) is 12.7 Å². The standard InChI is InChI=1S/C16H18N4O4S/c1-3-11-10(2)18-19-15(11)17-14(21)8-9-20-16(22)12-6-4-5-7-13(12)25(20,23)24/h4-7H,3,8-9H2,1-2H3,(H2,17,18,19,21). The summed E-state index contributed by atoms with van der Waals surface area (Å²) in [5, 5.41) is 9.48. The predicted octanol–water partition coefficient (Wildman–Crippen LogP) is 1.45. The van der Waals surface area contributed by atoms with Crippen LogP contribution in [0.15, 0.2) is 29.2 Å². The number of hydrogen-bond donors (Lipinski definition) is 2. The highest BCUT2D eigenvalue weighted by atomic mass is 32.2. The number of rotatable bonds is 5. The number of hydrogen-bond acceptors (Lipinski definition) is 5. The molecule has 0 bridgehead atoms. The van der Waals surface area contributed by atoms with Crippen molar-refractivity contribution in [3.05, 3.63) is 41.1 Å². The molecule has 1 aromatic heterocycles. The van der Waals surface area contributed by atoms with E-state index in [4.69, 9.17) is 0 Å². The van der Waals surface area contributed by atoms with E-state index >= 15 is 0 Å². The molecule has 132 valence electrons. The van der Waals surface area contributed by atoms with E-state index in [-0.39, 0.29) is 23.4 Å². The lowest BCUT2D eigenvalue weighted by Gasteiger charge is -2.14. The van der Waals surface area contributed by atoms with Crippen molar-refractivity contribution in [2.45, 2.75) is 31.6 Å². The molecule has 1 aliphatic rings. The van der Waals surface area contributed by atoms with Crippen molar-refractivity contribution in [3.63, 3.8) is 0 Å². The Bertz CT molecular complexity index is 949. The average molecular weight is 362 g/mol. The van der Waals surface area contributed by atoms with Crippen LogP contribution in [0.1, 0.15) is 35.0 Å². The largest absolute Gasteiger partial charge is 0.309 e. The predicted molar refractivity (Wildman–Crippen MR) is 90.6 cm³/mol. The Morgan fingerprint density at radius 1 is 1.32 bits per heavy atom. The summed E-state index contributed by atoms with van der Waals surface area (Å²) >= 11 is 0. The maximum atomic E-state index is 12.4. The van der Waals surface area contributed by atoms with Crippen LogP contribution in [0.5, 0.6) is 0 Å². The lowest BCUT2D eigenvalue weighted by Crippen LogP contribution is -2.33. The number of carbonyl (C=O) groups excluding carboxylic acids is 2. The van der Waals surface area contributed by atoms with Crippen LogP contribution < -0.4 is 5.32 Å². The number of carbonyl (C=O) groups is 2. The summed E-state index contributed by atoms with van der Waals surface area (Å²) in [5.41, 5.74) is 1.90. The Balaban J connectivity index is 1.70. The highest BCUT2D eigenvalue weighted by molar-refractivity contribution is 7.90. The number of aromatic amines is 1. The number of nitrogens with zero attached hydrogens (tertiary/aromatic N) is 2. The molecule has 2 N–H and O–H groups in total.